The molecule has 0 aromatic carbocycles. The summed E-state index contributed by atoms with van der Waals surface area (Å²) in [6, 6.07) is 0. The van der Waals surface area contributed by atoms with Crippen LogP contribution in [0.15, 0.2) is 6.20 Å². The first-order chi connectivity index (χ1) is 9.06. The van der Waals surface area contributed by atoms with E-state index in [0.717, 1.165) is 55.2 Å². The van der Waals surface area contributed by atoms with Gasteiger partial charge in [0.1, 0.15) is 5.75 Å². The van der Waals surface area contributed by atoms with Gasteiger partial charge in [0, 0.05) is 42.6 Å². The topological polar surface area (TPSA) is 43.4 Å². The summed E-state index contributed by atoms with van der Waals surface area (Å²) in [5, 5.41) is 3.63. The lowest BCUT2D eigenvalue weighted by Gasteiger charge is -2.34. The zero-order valence-electron chi connectivity index (χ0n) is 12.4. The Morgan fingerprint density at radius 1 is 1.37 bits per heavy atom. The number of rotatable bonds is 4. The van der Waals surface area contributed by atoms with Crippen molar-refractivity contribution in [2.24, 2.45) is 0 Å². The number of nitrogens with one attached hydrogen (secondary N) is 1. The van der Waals surface area contributed by atoms with Crippen molar-refractivity contribution in [3.8, 4) is 5.75 Å². The molecule has 0 spiro atoms. The van der Waals surface area contributed by atoms with Crippen LogP contribution < -0.4 is 10.1 Å². The van der Waals surface area contributed by atoms with E-state index in [0.29, 0.717) is 0 Å². The number of ether oxygens (including phenoxy) is 2. The van der Waals surface area contributed by atoms with Crippen molar-refractivity contribution >= 4 is 0 Å². The van der Waals surface area contributed by atoms with Gasteiger partial charge in [-0.05, 0) is 33.6 Å². The fraction of sp³-hybridized carbons (Fsp3) is 0.667. The molecule has 2 rings (SSSR count). The quantitative estimate of drug-likeness (QED) is 0.906. The number of methoxy groups -OCH3 is 1. The van der Waals surface area contributed by atoms with Gasteiger partial charge in [0.25, 0.3) is 0 Å². The third kappa shape index (κ3) is 3.25. The number of hydrogen-bond acceptors (Lipinski definition) is 4. The highest BCUT2D eigenvalue weighted by atomic mass is 16.5. The minimum Gasteiger partial charge on any atom is -0.496 e. The first kappa shape index (κ1) is 14.3. The Morgan fingerprint density at radius 3 is 2.68 bits per heavy atom. The molecular weight excluding hydrogens is 240 g/mol. The van der Waals surface area contributed by atoms with E-state index in [-0.39, 0.29) is 5.54 Å². The molecule has 1 aromatic heterocycles. The molecule has 1 N–H and O–H groups in total. The molecule has 0 radical (unpaired) electrons. The van der Waals surface area contributed by atoms with Crippen LogP contribution in [0.2, 0.25) is 0 Å². The van der Waals surface area contributed by atoms with Crippen LogP contribution >= 0.6 is 0 Å². The second-order valence-corrected chi connectivity index (χ2v) is 5.57. The summed E-state index contributed by atoms with van der Waals surface area (Å²) >= 11 is 0. The SMILES string of the molecule is COc1c(C)cnc(CNC2(C)CCOCC2)c1C. The Kier molecular flexibility index (Phi) is 4.42. The summed E-state index contributed by atoms with van der Waals surface area (Å²) in [6.45, 7) is 8.81. The third-order valence-corrected chi connectivity index (χ3v) is 4.03. The minimum atomic E-state index is 0.157. The average Bonchev–Trinajstić information content (AvgIpc) is 2.39. The summed E-state index contributed by atoms with van der Waals surface area (Å²) in [7, 11) is 1.71. The van der Waals surface area contributed by atoms with Crippen molar-refractivity contribution in [3.63, 3.8) is 0 Å². The average molecular weight is 264 g/mol. The highest BCUT2D eigenvalue weighted by Crippen LogP contribution is 2.25. The van der Waals surface area contributed by atoms with Gasteiger partial charge in [0.15, 0.2) is 0 Å². The van der Waals surface area contributed by atoms with E-state index in [4.69, 9.17) is 9.47 Å². The molecule has 4 nitrogen and oxygen atoms in total. The van der Waals surface area contributed by atoms with Crippen LogP contribution in [0.4, 0.5) is 0 Å². The van der Waals surface area contributed by atoms with E-state index in [2.05, 4.69) is 24.1 Å². The molecule has 0 saturated carbocycles. The number of pyridine rings is 1. The molecule has 106 valence electrons. The normalized spacial score (nSPS) is 18.3. The van der Waals surface area contributed by atoms with Gasteiger partial charge in [-0.15, -0.1) is 0 Å². The molecule has 19 heavy (non-hydrogen) atoms. The fourth-order valence-corrected chi connectivity index (χ4v) is 2.55. The lowest BCUT2D eigenvalue weighted by molar-refractivity contribution is 0.0444. The van der Waals surface area contributed by atoms with Crippen LogP contribution in [0.25, 0.3) is 0 Å². The van der Waals surface area contributed by atoms with E-state index in [1.165, 1.54) is 0 Å². The highest BCUT2D eigenvalue weighted by Gasteiger charge is 2.26. The van der Waals surface area contributed by atoms with E-state index in [1.54, 1.807) is 7.11 Å². The second kappa shape index (κ2) is 5.88. The summed E-state index contributed by atoms with van der Waals surface area (Å²) in [5.74, 6) is 0.948. The van der Waals surface area contributed by atoms with Gasteiger partial charge in [0.05, 0.1) is 12.8 Å². The van der Waals surface area contributed by atoms with Gasteiger partial charge in [0.2, 0.25) is 0 Å². The molecule has 2 heterocycles. The molecule has 4 heteroatoms. The predicted octanol–water partition coefficient (Wildman–Crippen LogP) is 2.37. The lowest BCUT2D eigenvalue weighted by Crippen LogP contribution is -2.46. The standard InChI is InChI=1S/C15H24N2O2/c1-11-9-16-13(12(2)14(11)18-4)10-17-15(3)5-7-19-8-6-15/h9,17H,5-8,10H2,1-4H3. The molecule has 1 aliphatic rings. The number of nitrogens with zero attached hydrogens (tertiary/aromatic N) is 1. The minimum absolute atomic E-state index is 0.157. The molecule has 0 bridgehead atoms. The molecule has 1 fully saturated rings. The maximum atomic E-state index is 5.45. The van der Waals surface area contributed by atoms with Gasteiger partial charge in [-0.1, -0.05) is 0 Å². The van der Waals surface area contributed by atoms with Crippen molar-refractivity contribution in [1.29, 1.82) is 0 Å². The third-order valence-electron chi connectivity index (χ3n) is 4.03. The molecule has 0 amide bonds. The van der Waals surface area contributed by atoms with Gasteiger partial charge >= 0.3 is 0 Å². The maximum absolute atomic E-state index is 5.45. The molecular formula is C15H24N2O2. The second-order valence-electron chi connectivity index (χ2n) is 5.57. The molecule has 1 aromatic rings. The zero-order valence-corrected chi connectivity index (χ0v) is 12.4. The molecule has 1 saturated heterocycles. The van der Waals surface area contributed by atoms with Crippen molar-refractivity contribution in [2.75, 3.05) is 20.3 Å². The van der Waals surface area contributed by atoms with Gasteiger partial charge in [-0.3, -0.25) is 4.98 Å². The Labute approximate surface area is 115 Å². The van der Waals surface area contributed by atoms with E-state index < -0.39 is 0 Å². The fourth-order valence-electron chi connectivity index (χ4n) is 2.55. The monoisotopic (exact) mass is 264 g/mol. The van der Waals surface area contributed by atoms with Gasteiger partial charge in [-0.25, -0.2) is 0 Å². The van der Waals surface area contributed by atoms with Crippen LogP contribution in [-0.4, -0.2) is 30.8 Å². The van der Waals surface area contributed by atoms with Crippen molar-refractivity contribution in [2.45, 2.75) is 45.7 Å². The Bertz CT molecular complexity index is 440. The first-order valence-corrected chi connectivity index (χ1v) is 6.87. The van der Waals surface area contributed by atoms with Crippen LogP contribution in [-0.2, 0) is 11.3 Å². The van der Waals surface area contributed by atoms with Crippen LogP contribution in [0.5, 0.6) is 5.75 Å². The number of aromatic nitrogens is 1. The van der Waals surface area contributed by atoms with Crippen LogP contribution in [0, 0.1) is 13.8 Å². The van der Waals surface area contributed by atoms with Gasteiger partial charge in [-0.2, -0.15) is 0 Å². The van der Waals surface area contributed by atoms with E-state index in [9.17, 15) is 0 Å². The van der Waals surface area contributed by atoms with E-state index in [1.807, 2.05) is 13.1 Å². The first-order valence-electron chi connectivity index (χ1n) is 6.87. The number of hydrogen-bond donors (Lipinski definition) is 1. The van der Waals surface area contributed by atoms with Gasteiger partial charge < -0.3 is 14.8 Å². The maximum Gasteiger partial charge on any atom is 0.128 e. The summed E-state index contributed by atoms with van der Waals surface area (Å²) in [5.41, 5.74) is 3.44. The molecule has 0 aliphatic carbocycles. The van der Waals surface area contributed by atoms with Crippen LogP contribution in [0.3, 0.4) is 0 Å². The van der Waals surface area contributed by atoms with Crippen molar-refractivity contribution in [1.82, 2.24) is 10.3 Å². The molecule has 0 unspecified atom stereocenters. The van der Waals surface area contributed by atoms with Crippen LogP contribution in [0.1, 0.15) is 36.6 Å². The molecule has 1 aliphatic heterocycles. The Hall–Kier alpha value is -1.13. The van der Waals surface area contributed by atoms with Crippen molar-refractivity contribution < 1.29 is 9.47 Å². The summed E-state index contributed by atoms with van der Waals surface area (Å²) in [4.78, 5) is 4.53. The Balaban J connectivity index is 2.07. The summed E-state index contributed by atoms with van der Waals surface area (Å²) < 4.78 is 10.9. The molecule has 0 atom stereocenters. The largest absolute Gasteiger partial charge is 0.496 e. The smallest absolute Gasteiger partial charge is 0.128 e. The van der Waals surface area contributed by atoms with Crippen molar-refractivity contribution in [3.05, 3.63) is 23.0 Å². The van der Waals surface area contributed by atoms with E-state index >= 15 is 0 Å². The zero-order chi connectivity index (χ0) is 13.9. The predicted molar refractivity (Wildman–Crippen MR) is 75.6 cm³/mol. The highest BCUT2D eigenvalue weighted by molar-refractivity contribution is 5.41. The Morgan fingerprint density at radius 2 is 2.05 bits per heavy atom. The lowest BCUT2D eigenvalue weighted by atomic mass is 9.92. The summed E-state index contributed by atoms with van der Waals surface area (Å²) in [6.07, 6.45) is 3.99. The number of aryl methyl sites for hydroxylation is 1.